The highest BCUT2D eigenvalue weighted by Crippen LogP contribution is 2.36. The number of carbonyl (C=O) groups excluding carboxylic acids is 1. The molecule has 192 valence electrons. The fourth-order valence-electron chi connectivity index (χ4n) is 3.78. The van der Waals surface area contributed by atoms with E-state index in [1.165, 1.54) is 25.1 Å². The minimum absolute atomic E-state index is 0.176. The highest BCUT2D eigenvalue weighted by Gasteiger charge is 2.17. The molecule has 9 nitrogen and oxygen atoms in total. The van der Waals surface area contributed by atoms with Gasteiger partial charge in [-0.15, -0.1) is 0 Å². The summed E-state index contributed by atoms with van der Waals surface area (Å²) < 4.78 is 23.5. The summed E-state index contributed by atoms with van der Waals surface area (Å²) in [4.78, 5) is 29.6. The number of hydrogen-bond acceptors (Lipinski definition) is 8. The van der Waals surface area contributed by atoms with Crippen molar-refractivity contribution in [1.29, 1.82) is 0 Å². The molecule has 0 saturated carbocycles. The molecule has 0 aliphatic carbocycles. The normalized spacial score (nSPS) is 11.4. The van der Waals surface area contributed by atoms with Crippen molar-refractivity contribution in [2.24, 2.45) is 5.10 Å². The molecule has 0 amide bonds. The summed E-state index contributed by atoms with van der Waals surface area (Å²) in [7, 11) is 2.69. The maximum absolute atomic E-state index is 13.5. The van der Waals surface area contributed by atoms with Crippen molar-refractivity contribution in [3.05, 3.63) is 86.1 Å². The molecule has 0 saturated heterocycles. The molecule has 0 unspecified atom stereocenters. The van der Waals surface area contributed by atoms with Crippen molar-refractivity contribution >= 4 is 61.6 Å². The Balaban J connectivity index is 1.61. The molecule has 2 heterocycles. The van der Waals surface area contributed by atoms with Crippen molar-refractivity contribution in [3.8, 4) is 23.1 Å². The van der Waals surface area contributed by atoms with Crippen LogP contribution in [0.3, 0.4) is 0 Å². The fourth-order valence-corrected chi connectivity index (χ4v) is 4.44. The van der Waals surface area contributed by atoms with E-state index in [1.807, 2.05) is 18.2 Å². The van der Waals surface area contributed by atoms with Gasteiger partial charge in [0, 0.05) is 9.86 Å². The lowest BCUT2D eigenvalue weighted by Crippen LogP contribution is -2.20. The molecule has 0 radical (unpaired) electrons. The van der Waals surface area contributed by atoms with Gasteiger partial charge in [-0.3, -0.25) is 4.79 Å². The number of aromatic nitrogens is 2. The van der Waals surface area contributed by atoms with Crippen LogP contribution in [0.1, 0.15) is 5.56 Å². The van der Waals surface area contributed by atoms with Crippen LogP contribution >= 0.6 is 27.5 Å². The second kappa shape index (κ2) is 10.7. The third kappa shape index (κ3) is 5.00. The van der Waals surface area contributed by atoms with Gasteiger partial charge in [0.15, 0.2) is 23.9 Å². The van der Waals surface area contributed by atoms with Crippen molar-refractivity contribution in [2.45, 2.75) is 0 Å². The van der Waals surface area contributed by atoms with Crippen LogP contribution in [0.5, 0.6) is 11.5 Å². The lowest BCUT2D eigenvalue weighted by atomic mass is 10.2. The number of carbonyl (C=O) groups is 1. The Hall–Kier alpha value is -4.15. The van der Waals surface area contributed by atoms with Crippen LogP contribution in [0.2, 0.25) is 5.02 Å². The number of ether oxygens (including phenoxy) is 3. The van der Waals surface area contributed by atoms with Crippen LogP contribution in [0, 0.1) is 0 Å². The quantitative estimate of drug-likeness (QED) is 0.176. The van der Waals surface area contributed by atoms with Gasteiger partial charge in [-0.25, -0.2) is 9.78 Å². The average Bonchev–Trinajstić information content (AvgIpc) is 3.34. The zero-order valence-corrected chi connectivity index (χ0v) is 22.4. The van der Waals surface area contributed by atoms with Crippen LogP contribution in [0.25, 0.3) is 33.5 Å². The Bertz CT molecular complexity index is 1780. The third-order valence-electron chi connectivity index (χ3n) is 5.59. The van der Waals surface area contributed by atoms with E-state index in [-0.39, 0.29) is 34.5 Å². The summed E-state index contributed by atoms with van der Waals surface area (Å²) in [6, 6.07) is 17.6. The molecular weight excluding hydrogens is 578 g/mol. The molecule has 2 aromatic heterocycles. The number of halogens is 2. The zero-order chi connectivity index (χ0) is 26.8. The van der Waals surface area contributed by atoms with Crippen molar-refractivity contribution < 1.29 is 23.4 Å². The standard InChI is InChI=1S/C27H19BrClN3O6/c1-35-22-10-15(9-19(29)25(22)37-14-24(33)36-2)13-30-32-26(31-20-6-4-3-5-18(20)27(32)34)23-12-16-11-17(28)7-8-21(16)38-23/h3-13H,14H2,1-2H3. The fraction of sp³-hybridized carbons (Fsp3) is 0.111. The largest absolute Gasteiger partial charge is 0.493 e. The molecule has 38 heavy (non-hydrogen) atoms. The summed E-state index contributed by atoms with van der Waals surface area (Å²) in [6.45, 7) is -0.338. The van der Waals surface area contributed by atoms with E-state index in [1.54, 1.807) is 42.5 Å². The van der Waals surface area contributed by atoms with Crippen LogP contribution in [0.15, 0.2) is 79.4 Å². The summed E-state index contributed by atoms with van der Waals surface area (Å²) in [5, 5.41) is 5.86. The Morgan fingerprint density at radius 1 is 1.16 bits per heavy atom. The predicted molar refractivity (Wildman–Crippen MR) is 147 cm³/mol. The minimum atomic E-state index is -0.567. The number of rotatable bonds is 7. The van der Waals surface area contributed by atoms with E-state index in [9.17, 15) is 9.59 Å². The number of hydrogen-bond donors (Lipinski definition) is 0. The van der Waals surface area contributed by atoms with Gasteiger partial charge in [-0.2, -0.15) is 9.78 Å². The van der Waals surface area contributed by atoms with Crippen molar-refractivity contribution in [2.75, 3.05) is 20.8 Å². The van der Waals surface area contributed by atoms with E-state index < -0.39 is 5.97 Å². The van der Waals surface area contributed by atoms with Gasteiger partial charge in [0.1, 0.15) is 5.58 Å². The lowest BCUT2D eigenvalue weighted by Gasteiger charge is -2.12. The van der Waals surface area contributed by atoms with Gasteiger partial charge >= 0.3 is 5.97 Å². The minimum Gasteiger partial charge on any atom is -0.493 e. The first kappa shape index (κ1) is 25.5. The number of nitrogens with zero attached hydrogens (tertiary/aromatic N) is 3. The second-order valence-corrected chi connectivity index (χ2v) is 9.33. The van der Waals surface area contributed by atoms with Crippen LogP contribution < -0.4 is 15.0 Å². The van der Waals surface area contributed by atoms with Crippen LogP contribution in [0.4, 0.5) is 0 Å². The summed E-state index contributed by atoms with van der Waals surface area (Å²) in [6.07, 6.45) is 1.44. The van der Waals surface area contributed by atoms with E-state index in [0.29, 0.717) is 27.8 Å². The number of benzene rings is 3. The Labute approximate surface area is 229 Å². The highest BCUT2D eigenvalue weighted by molar-refractivity contribution is 9.10. The van der Waals surface area contributed by atoms with Gasteiger partial charge in [0.25, 0.3) is 5.56 Å². The first-order valence-electron chi connectivity index (χ1n) is 11.2. The van der Waals surface area contributed by atoms with Crippen LogP contribution in [-0.2, 0) is 9.53 Å². The highest BCUT2D eigenvalue weighted by atomic mass is 79.9. The maximum atomic E-state index is 13.5. The van der Waals surface area contributed by atoms with Gasteiger partial charge in [0.05, 0.1) is 36.4 Å². The number of fused-ring (bicyclic) bond motifs is 2. The van der Waals surface area contributed by atoms with Gasteiger partial charge in [-0.1, -0.05) is 39.7 Å². The predicted octanol–water partition coefficient (Wildman–Crippen LogP) is 5.67. The van der Waals surface area contributed by atoms with Crippen molar-refractivity contribution in [3.63, 3.8) is 0 Å². The van der Waals surface area contributed by atoms with E-state index >= 15 is 0 Å². The zero-order valence-electron chi connectivity index (χ0n) is 20.1. The first-order valence-corrected chi connectivity index (χ1v) is 12.4. The molecule has 0 fully saturated rings. The summed E-state index contributed by atoms with van der Waals surface area (Å²) in [5.74, 6) is 0.487. The lowest BCUT2D eigenvalue weighted by molar-refractivity contribution is -0.142. The third-order valence-corrected chi connectivity index (χ3v) is 6.36. The smallest absolute Gasteiger partial charge is 0.343 e. The molecule has 11 heteroatoms. The topological polar surface area (TPSA) is 105 Å². The van der Waals surface area contributed by atoms with Gasteiger partial charge in [0.2, 0.25) is 5.82 Å². The molecule has 3 aromatic carbocycles. The monoisotopic (exact) mass is 595 g/mol. The molecule has 5 aromatic rings. The molecule has 0 aliphatic rings. The maximum Gasteiger partial charge on any atom is 0.343 e. The molecular formula is C27H19BrClN3O6. The van der Waals surface area contributed by atoms with E-state index in [4.69, 9.17) is 25.5 Å². The van der Waals surface area contributed by atoms with Gasteiger partial charge in [-0.05, 0) is 54.1 Å². The number of methoxy groups -OCH3 is 2. The van der Waals surface area contributed by atoms with E-state index in [2.05, 4.69) is 30.8 Å². The first-order chi connectivity index (χ1) is 18.4. The summed E-state index contributed by atoms with van der Waals surface area (Å²) in [5.41, 5.74) is 1.29. The Kier molecular flexibility index (Phi) is 7.17. The van der Waals surface area contributed by atoms with Crippen molar-refractivity contribution in [1.82, 2.24) is 9.66 Å². The molecule has 5 rings (SSSR count). The molecule has 0 aliphatic heterocycles. The Morgan fingerprint density at radius 2 is 1.97 bits per heavy atom. The van der Waals surface area contributed by atoms with Crippen LogP contribution in [-0.4, -0.2) is 42.7 Å². The molecule has 0 spiro atoms. The Morgan fingerprint density at radius 3 is 2.76 bits per heavy atom. The molecule has 0 N–H and O–H groups in total. The SMILES string of the molecule is COC(=O)COc1c(Cl)cc(C=Nn2c(-c3cc4cc(Br)ccc4o3)nc3ccccc3c2=O)cc1OC. The summed E-state index contributed by atoms with van der Waals surface area (Å²) >= 11 is 9.86. The average molecular weight is 597 g/mol. The number of para-hydroxylation sites is 1. The number of furan rings is 1. The van der Waals surface area contributed by atoms with E-state index in [0.717, 1.165) is 9.86 Å². The second-order valence-electron chi connectivity index (χ2n) is 8.01. The molecule has 0 atom stereocenters. The van der Waals surface area contributed by atoms with Gasteiger partial charge < -0.3 is 18.6 Å². The number of esters is 1. The molecule has 0 bridgehead atoms.